The monoisotopic (exact) mass is 417 g/mol. The fourth-order valence-electron chi connectivity index (χ4n) is 3.75. The van der Waals surface area contributed by atoms with Gasteiger partial charge in [-0.05, 0) is 36.1 Å². The number of pyridine rings is 1. The Balaban J connectivity index is 1.62. The third kappa shape index (κ3) is 4.47. The fourth-order valence-corrected chi connectivity index (χ4v) is 3.75. The highest BCUT2D eigenvalue weighted by atomic mass is 16.1. The van der Waals surface area contributed by atoms with Crippen LogP contribution in [0.5, 0.6) is 0 Å². The quantitative estimate of drug-likeness (QED) is 0.448. The molecule has 0 aliphatic heterocycles. The summed E-state index contributed by atoms with van der Waals surface area (Å²) in [5.41, 5.74) is 4.77. The third-order valence-corrected chi connectivity index (χ3v) is 5.33. The number of hydrogen-bond donors (Lipinski definition) is 1. The number of unbranched alkanes of at least 4 members (excludes halogenated alkanes) is 1. The van der Waals surface area contributed by atoms with Crippen LogP contribution < -0.4 is 5.69 Å². The number of nitrogens with zero attached hydrogens (tertiary/aromatic N) is 6. The van der Waals surface area contributed by atoms with Crippen LogP contribution in [-0.4, -0.2) is 34.7 Å². The zero-order chi connectivity index (χ0) is 21.6. The minimum atomic E-state index is 0.0551. The van der Waals surface area contributed by atoms with Gasteiger partial charge in [0.1, 0.15) is 0 Å². The van der Waals surface area contributed by atoms with Crippen LogP contribution >= 0.6 is 0 Å². The predicted molar refractivity (Wildman–Crippen MR) is 120 cm³/mol. The molecule has 0 radical (unpaired) electrons. The maximum Gasteiger partial charge on any atom is 0.328 e. The highest BCUT2D eigenvalue weighted by molar-refractivity contribution is 5.78. The zero-order valence-corrected chi connectivity index (χ0v) is 18.0. The van der Waals surface area contributed by atoms with Crippen LogP contribution in [0.4, 0.5) is 0 Å². The fraction of sp³-hybridized carbons (Fsp3) is 0.348. The molecule has 160 valence electrons. The maximum atomic E-state index is 12.9. The molecule has 8 heteroatoms. The van der Waals surface area contributed by atoms with Crippen molar-refractivity contribution < 1.29 is 0 Å². The maximum absolute atomic E-state index is 12.9. The summed E-state index contributed by atoms with van der Waals surface area (Å²) in [5.74, 6) is 0.533. The molecule has 1 N–H and O–H groups in total. The molecule has 1 aromatic carbocycles. The van der Waals surface area contributed by atoms with Gasteiger partial charge in [0.15, 0.2) is 0 Å². The number of aromatic nitrogens is 7. The Bertz CT molecular complexity index is 1170. The molecule has 31 heavy (non-hydrogen) atoms. The summed E-state index contributed by atoms with van der Waals surface area (Å²) in [6.07, 6.45) is 7.88. The van der Waals surface area contributed by atoms with Gasteiger partial charge < -0.3 is 0 Å². The van der Waals surface area contributed by atoms with E-state index in [2.05, 4.69) is 39.5 Å². The number of nitrogens with one attached hydrogen (secondary N) is 1. The second kappa shape index (κ2) is 9.51. The predicted octanol–water partition coefficient (Wildman–Crippen LogP) is 3.69. The molecular weight excluding hydrogens is 390 g/mol. The number of rotatable bonds is 9. The number of imidazole rings is 1. The smallest absolute Gasteiger partial charge is 0.299 e. The SMILES string of the molecule is CCCCc1cn(CCC)c(=O)n1Cc1ccc(-c2ccccc2-c2nn[nH]n2)nc1. The van der Waals surface area contributed by atoms with Crippen molar-refractivity contribution in [2.24, 2.45) is 0 Å². The summed E-state index contributed by atoms with van der Waals surface area (Å²) in [5, 5.41) is 14.3. The summed E-state index contributed by atoms with van der Waals surface area (Å²) in [4.78, 5) is 17.6. The molecule has 0 saturated carbocycles. The van der Waals surface area contributed by atoms with Crippen molar-refractivity contribution in [1.82, 2.24) is 34.7 Å². The standard InChI is InChI=1S/C23H27N7O/c1-3-5-8-18-16-29(13-4-2)23(31)30(18)15-17-11-12-21(24-14-17)19-9-6-7-10-20(19)22-25-27-28-26-22/h6-7,9-12,14,16H,3-5,8,13,15H2,1-2H3,(H,25,26,27,28). The average molecular weight is 418 g/mol. The van der Waals surface area contributed by atoms with Gasteiger partial charge in [0.2, 0.25) is 5.82 Å². The Morgan fingerprint density at radius 2 is 1.87 bits per heavy atom. The van der Waals surface area contributed by atoms with Crippen molar-refractivity contribution >= 4 is 0 Å². The minimum absolute atomic E-state index is 0.0551. The van der Waals surface area contributed by atoms with E-state index in [0.717, 1.165) is 60.3 Å². The first kappa shape index (κ1) is 20.7. The van der Waals surface area contributed by atoms with Crippen LogP contribution in [0, 0.1) is 0 Å². The Morgan fingerprint density at radius 1 is 1.03 bits per heavy atom. The van der Waals surface area contributed by atoms with E-state index in [1.807, 2.05) is 57.9 Å². The van der Waals surface area contributed by atoms with Gasteiger partial charge in [-0.1, -0.05) is 50.6 Å². The number of tetrazole rings is 1. The molecule has 0 aliphatic carbocycles. The molecule has 0 saturated heterocycles. The largest absolute Gasteiger partial charge is 0.328 e. The Labute approximate surface area is 181 Å². The van der Waals surface area contributed by atoms with Crippen molar-refractivity contribution in [2.45, 2.75) is 52.6 Å². The first-order valence-electron chi connectivity index (χ1n) is 10.8. The van der Waals surface area contributed by atoms with Crippen molar-refractivity contribution in [1.29, 1.82) is 0 Å². The van der Waals surface area contributed by atoms with Gasteiger partial charge in [0.25, 0.3) is 0 Å². The lowest BCUT2D eigenvalue weighted by molar-refractivity contribution is 0.617. The second-order valence-electron chi connectivity index (χ2n) is 7.62. The molecule has 0 spiro atoms. The molecule has 8 nitrogen and oxygen atoms in total. The van der Waals surface area contributed by atoms with E-state index in [1.54, 1.807) is 0 Å². The minimum Gasteiger partial charge on any atom is -0.299 e. The van der Waals surface area contributed by atoms with Gasteiger partial charge in [0.05, 0.1) is 12.2 Å². The van der Waals surface area contributed by atoms with Gasteiger partial charge >= 0.3 is 5.69 Å². The summed E-state index contributed by atoms with van der Waals surface area (Å²) >= 11 is 0. The van der Waals surface area contributed by atoms with Gasteiger partial charge in [-0.25, -0.2) is 4.79 Å². The van der Waals surface area contributed by atoms with E-state index in [-0.39, 0.29) is 5.69 Å². The topological polar surface area (TPSA) is 94.3 Å². The van der Waals surface area contributed by atoms with Crippen LogP contribution in [0.1, 0.15) is 44.4 Å². The normalized spacial score (nSPS) is 11.2. The molecule has 0 amide bonds. The Kier molecular flexibility index (Phi) is 6.35. The first-order chi connectivity index (χ1) is 15.2. The van der Waals surface area contributed by atoms with E-state index in [0.29, 0.717) is 12.4 Å². The van der Waals surface area contributed by atoms with Crippen molar-refractivity contribution in [3.63, 3.8) is 0 Å². The first-order valence-corrected chi connectivity index (χ1v) is 10.8. The summed E-state index contributed by atoms with van der Waals surface area (Å²) in [7, 11) is 0. The average Bonchev–Trinajstić information content (AvgIpc) is 3.43. The highest BCUT2D eigenvalue weighted by Crippen LogP contribution is 2.28. The molecule has 0 bridgehead atoms. The van der Waals surface area contributed by atoms with Crippen LogP contribution in [0.2, 0.25) is 0 Å². The van der Waals surface area contributed by atoms with E-state index in [9.17, 15) is 4.79 Å². The lowest BCUT2D eigenvalue weighted by Crippen LogP contribution is -2.25. The molecule has 4 rings (SSSR count). The highest BCUT2D eigenvalue weighted by Gasteiger charge is 2.14. The molecule has 0 atom stereocenters. The number of aromatic amines is 1. The zero-order valence-electron chi connectivity index (χ0n) is 18.0. The van der Waals surface area contributed by atoms with Crippen LogP contribution in [0.25, 0.3) is 22.6 Å². The third-order valence-electron chi connectivity index (χ3n) is 5.33. The number of hydrogen-bond acceptors (Lipinski definition) is 5. The van der Waals surface area contributed by atoms with Crippen LogP contribution in [-0.2, 0) is 19.5 Å². The van der Waals surface area contributed by atoms with Crippen LogP contribution in [0.15, 0.2) is 53.6 Å². The van der Waals surface area contributed by atoms with Crippen molar-refractivity contribution in [3.05, 3.63) is 70.5 Å². The molecule has 4 aromatic rings. The van der Waals surface area contributed by atoms with E-state index in [4.69, 9.17) is 0 Å². The summed E-state index contributed by atoms with van der Waals surface area (Å²) in [6, 6.07) is 11.9. The molecule has 3 heterocycles. The van der Waals surface area contributed by atoms with Gasteiger partial charge in [0, 0.05) is 35.8 Å². The molecular formula is C23H27N7O. The van der Waals surface area contributed by atoms with Gasteiger partial charge in [-0.2, -0.15) is 5.21 Å². The molecule has 3 aromatic heterocycles. The lowest BCUT2D eigenvalue weighted by atomic mass is 10.0. The Morgan fingerprint density at radius 3 is 2.55 bits per heavy atom. The molecule has 0 unspecified atom stereocenters. The number of aryl methyl sites for hydroxylation is 2. The molecule has 0 aliphatic rings. The van der Waals surface area contributed by atoms with Crippen molar-refractivity contribution in [3.8, 4) is 22.6 Å². The van der Waals surface area contributed by atoms with E-state index in [1.165, 1.54) is 0 Å². The molecule has 0 fully saturated rings. The van der Waals surface area contributed by atoms with E-state index < -0.39 is 0 Å². The van der Waals surface area contributed by atoms with Crippen LogP contribution in [0.3, 0.4) is 0 Å². The summed E-state index contributed by atoms with van der Waals surface area (Å²) < 4.78 is 3.71. The van der Waals surface area contributed by atoms with Gasteiger partial charge in [-0.3, -0.25) is 14.1 Å². The summed E-state index contributed by atoms with van der Waals surface area (Å²) in [6.45, 7) is 5.52. The van der Waals surface area contributed by atoms with Crippen molar-refractivity contribution in [2.75, 3.05) is 0 Å². The second-order valence-corrected chi connectivity index (χ2v) is 7.62. The van der Waals surface area contributed by atoms with E-state index >= 15 is 0 Å². The lowest BCUT2D eigenvalue weighted by Gasteiger charge is -2.09. The van der Waals surface area contributed by atoms with Gasteiger partial charge in [-0.15, -0.1) is 10.2 Å². The number of benzene rings is 1. The number of H-pyrrole nitrogens is 1. The Hall–Kier alpha value is -3.55.